The Kier molecular flexibility index (Phi) is 5.25. The van der Waals surface area contributed by atoms with Crippen LogP contribution in [0.2, 0.25) is 5.02 Å². The van der Waals surface area contributed by atoms with Gasteiger partial charge in [0, 0.05) is 48.7 Å². The molecule has 0 radical (unpaired) electrons. The van der Waals surface area contributed by atoms with Crippen LogP contribution in [0, 0.1) is 5.82 Å². The first-order chi connectivity index (χ1) is 15.0. The van der Waals surface area contributed by atoms with Crippen molar-refractivity contribution in [3.63, 3.8) is 0 Å². The van der Waals surface area contributed by atoms with E-state index in [1.54, 1.807) is 6.07 Å². The monoisotopic (exact) mass is 440 g/mol. The second-order valence-corrected chi connectivity index (χ2v) is 8.49. The summed E-state index contributed by atoms with van der Waals surface area (Å²) in [4.78, 5) is 6.73. The molecule has 1 saturated heterocycles. The summed E-state index contributed by atoms with van der Waals surface area (Å²) in [6.45, 7) is 1.21. The number of likely N-dealkylation sites (tertiary alicyclic amines) is 1. The summed E-state index contributed by atoms with van der Waals surface area (Å²) in [6.07, 6.45) is 2.55. The van der Waals surface area contributed by atoms with Gasteiger partial charge in [0.2, 0.25) is 5.89 Å². The van der Waals surface area contributed by atoms with Gasteiger partial charge in [-0.25, -0.2) is 4.39 Å². The standard InChI is InChI=1S/C23H22ClFN4O2/c1-28-11-15(18-4-2-3-5-20(18)28)12-29-13-17(30)10-21(29)23-26-22(27-31-23)8-14-6-7-16(25)9-19(14)24/h2-7,9,11,17,21,30H,8,10,12-13H2,1H3/t17-,21+/m1/s1. The summed E-state index contributed by atoms with van der Waals surface area (Å²) in [7, 11) is 2.03. The van der Waals surface area contributed by atoms with E-state index in [0.29, 0.717) is 42.7 Å². The van der Waals surface area contributed by atoms with Crippen LogP contribution in [-0.2, 0) is 20.0 Å². The number of aliphatic hydroxyl groups excluding tert-OH is 1. The van der Waals surface area contributed by atoms with Crippen molar-refractivity contribution in [2.45, 2.75) is 31.5 Å². The van der Waals surface area contributed by atoms with Crippen LogP contribution in [0.5, 0.6) is 0 Å². The van der Waals surface area contributed by atoms with Crippen molar-refractivity contribution in [1.29, 1.82) is 0 Å². The van der Waals surface area contributed by atoms with Gasteiger partial charge in [0.05, 0.1) is 12.1 Å². The van der Waals surface area contributed by atoms with Crippen molar-refractivity contribution in [3.8, 4) is 0 Å². The van der Waals surface area contributed by atoms with Crippen LogP contribution in [0.4, 0.5) is 4.39 Å². The van der Waals surface area contributed by atoms with Crippen LogP contribution in [0.1, 0.15) is 35.3 Å². The van der Waals surface area contributed by atoms with Crippen LogP contribution in [0.15, 0.2) is 53.2 Å². The van der Waals surface area contributed by atoms with Crippen molar-refractivity contribution < 1.29 is 14.0 Å². The number of benzene rings is 2. The van der Waals surface area contributed by atoms with E-state index in [1.807, 2.05) is 19.2 Å². The first kappa shape index (κ1) is 20.2. The van der Waals surface area contributed by atoms with Gasteiger partial charge in [-0.15, -0.1) is 0 Å². The number of aryl methyl sites for hydroxylation is 1. The number of rotatable bonds is 5. The molecule has 31 heavy (non-hydrogen) atoms. The average molecular weight is 441 g/mol. The van der Waals surface area contributed by atoms with Gasteiger partial charge < -0.3 is 14.2 Å². The minimum absolute atomic E-state index is 0.168. The zero-order valence-corrected chi connectivity index (χ0v) is 17.8. The van der Waals surface area contributed by atoms with E-state index in [4.69, 9.17) is 16.1 Å². The molecule has 0 spiro atoms. The molecule has 3 heterocycles. The van der Waals surface area contributed by atoms with Gasteiger partial charge >= 0.3 is 0 Å². The molecule has 0 saturated carbocycles. The maximum absolute atomic E-state index is 13.3. The summed E-state index contributed by atoms with van der Waals surface area (Å²) >= 11 is 6.13. The predicted octanol–water partition coefficient (Wildman–Crippen LogP) is 4.25. The van der Waals surface area contributed by atoms with E-state index >= 15 is 0 Å². The van der Waals surface area contributed by atoms with Crippen LogP contribution in [0.3, 0.4) is 0 Å². The lowest BCUT2D eigenvalue weighted by molar-refractivity contribution is 0.169. The summed E-state index contributed by atoms with van der Waals surface area (Å²) < 4.78 is 21.0. The molecule has 0 amide bonds. The van der Waals surface area contributed by atoms with E-state index in [0.717, 1.165) is 5.56 Å². The van der Waals surface area contributed by atoms with Crippen molar-refractivity contribution >= 4 is 22.5 Å². The predicted molar refractivity (Wildman–Crippen MR) is 115 cm³/mol. The number of para-hydroxylation sites is 1. The molecule has 160 valence electrons. The first-order valence-corrected chi connectivity index (χ1v) is 10.6. The Morgan fingerprint density at radius 2 is 2.06 bits per heavy atom. The molecule has 2 aromatic heterocycles. The summed E-state index contributed by atoms with van der Waals surface area (Å²) in [5.74, 6) is 0.576. The average Bonchev–Trinajstić information content (AvgIpc) is 3.43. The Morgan fingerprint density at radius 3 is 2.90 bits per heavy atom. The van der Waals surface area contributed by atoms with Gasteiger partial charge in [0.15, 0.2) is 5.82 Å². The van der Waals surface area contributed by atoms with Gasteiger partial charge in [-0.1, -0.05) is 41.0 Å². The van der Waals surface area contributed by atoms with E-state index in [-0.39, 0.29) is 11.9 Å². The van der Waals surface area contributed by atoms with Gasteiger partial charge in [-0.2, -0.15) is 4.98 Å². The minimum Gasteiger partial charge on any atom is -0.392 e. The van der Waals surface area contributed by atoms with Crippen LogP contribution >= 0.6 is 11.6 Å². The van der Waals surface area contributed by atoms with Gasteiger partial charge in [0.1, 0.15) is 5.82 Å². The van der Waals surface area contributed by atoms with Crippen LogP contribution in [0.25, 0.3) is 10.9 Å². The van der Waals surface area contributed by atoms with Gasteiger partial charge in [-0.05, 0) is 35.7 Å². The molecule has 8 heteroatoms. The molecule has 4 aromatic rings. The lowest BCUT2D eigenvalue weighted by Gasteiger charge is -2.20. The highest BCUT2D eigenvalue weighted by Crippen LogP contribution is 2.34. The van der Waals surface area contributed by atoms with E-state index in [9.17, 15) is 9.50 Å². The fraction of sp³-hybridized carbons (Fsp3) is 0.304. The molecule has 1 aliphatic rings. The van der Waals surface area contributed by atoms with E-state index in [2.05, 4.69) is 37.9 Å². The zero-order chi connectivity index (χ0) is 21.5. The number of halogens is 2. The van der Waals surface area contributed by atoms with Crippen LogP contribution < -0.4 is 0 Å². The third-order valence-electron chi connectivity index (χ3n) is 5.87. The molecular formula is C23H22ClFN4O2. The first-order valence-electron chi connectivity index (χ1n) is 10.2. The van der Waals surface area contributed by atoms with Crippen molar-refractivity contribution in [2.24, 2.45) is 7.05 Å². The summed E-state index contributed by atoms with van der Waals surface area (Å²) in [5, 5.41) is 16.0. The quantitative estimate of drug-likeness (QED) is 0.502. The van der Waals surface area contributed by atoms with Crippen molar-refractivity contribution in [3.05, 3.63) is 82.3 Å². The molecule has 1 N–H and O–H groups in total. The highest BCUT2D eigenvalue weighted by Gasteiger charge is 2.36. The number of hydrogen-bond acceptors (Lipinski definition) is 5. The second-order valence-electron chi connectivity index (χ2n) is 8.08. The third kappa shape index (κ3) is 3.96. The van der Waals surface area contributed by atoms with E-state index < -0.39 is 6.10 Å². The number of aromatic nitrogens is 3. The number of fused-ring (bicyclic) bond motifs is 1. The fourth-order valence-electron chi connectivity index (χ4n) is 4.39. The zero-order valence-electron chi connectivity index (χ0n) is 17.0. The number of nitrogens with zero attached hydrogens (tertiary/aromatic N) is 4. The number of aliphatic hydroxyl groups is 1. The summed E-state index contributed by atoms with van der Waals surface area (Å²) in [5.41, 5.74) is 3.09. The maximum atomic E-state index is 13.3. The normalized spacial score (nSPS) is 19.5. The highest BCUT2D eigenvalue weighted by molar-refractivity contribution is 6.31. The smallest absolute Gasteiger partial charge is 0.244 e. The molecule has 5 rings (SSSR count). The molecule has 2 aromatic carbocycles. The number of β-amino-alcohol motifs (C(OH)–C–C–N with tert-alkyl or cyclic N) is 1. The largest absolute Gasteiger partial charge is 0.392 e. The lowest BCUT2D eigenvalue weighted by atomic mass is 10.1. The Hall–Kier alpha value is -2.74. The van der Waals surface area contributed by atoms with E-state index in [1.165, 1.54) is 28.6 Å². The van der Waals surface area contributed by atoms with Gasteiger partial charge in [-0.3, -0.25) is 4.90 Å². The second kappa shape index (κ2) is 8.07. The number of hydrogen-bond donors (Lipinski definition) is 1. The molecule has 1 fully saturated rings. The molecule has 0 unspecified atom stereocenters. The molecule has 1 aliphatic heterocycles. The highest BCUT2D eigenvalue weighted by atomic mass is 35.5. The lowest BCUT2D eigenvalue weighted by Crippen LogP contribution is -2.24. The Bertz CT molecular complexity index is 1240. The van der Waals surface area contributed by atoms with Gasteiger partial charge in [0.25, 0.3) is 0 Å². The Morgan fingerprint density at radius 1 is 1.23 bits per heavy atom. The molecule has 6 nitrogen and oxygen atoms in total. The van der Waals surface area contributed by atoms with Crippen molar-refractivity contribution in [2.75, 3.05) is 6.54 Å². The fourth-order valence-corrected chi connectivity index (χ4v) is 4.63. The Balaban J connectivity index is 1.37. The SMILES string of the molecule is Cn1cc(CN2C[C@H](O)C[C@H]2c2nc(Cc3ccc(F)cc3Cl)no2)c2ccccc21. The summed E-state index contributed by atoms with van der Waals surface area (Å²) in [6, 6.07) is 12.4. The third-order valence-corrected chi connectivity index (χ3v) is 6.22. The maximum Gasteiger partial charge on any atom is 0.244 e. The molecule has 0 aliphatic carbocycles. The van der Waals surface area contributed by atoms with Crippen molar-refractivity contribution in [1.82, 2.24) is 19.6 Å². The molecule has 2 atom stereocenters. The topological polar surface area (TPSA) is 67.3 Å². The molecule has 0 bridgehead atoms. The minimum atomic E-state index is -0.457. The molecular weight excluding hydrogens is 419 g/mol. The Labute approximate surface area is 183 Å². The van der Waals surface area contributed by atoms with Crippen LogP contribution in [-0.4, -0.2) is 37.4 Å².